The van der Waals surface area contributed by atoms with Crippen molar-refractivity contribution < 1.29 is 9.47 Å². The largest absolute Gasteiger partial charge is 0.371 e. The van der Waals surface area contributed by atoms with Crippen molar-refractivity contribution in [2.45, 2.75) is 12.3 Å². The van der Waals surface area contributed by atoms with Crippen molar-refractivity contribution in [1.29, 1.82) is 0 Å². The maximum atomic E-state index is 5.77. The lowest BCUT2D eigenvalue weighted by molar-refractivity contribution is 0.0460. The number of nitrogens with two attached hydrogens (primary N) is 1. The van der Waals surface area contributed by atoms with Gasteiger partial charge in [-0.15, -0.1) is 0 Å². The average Bonchev–Trinajstić information content (AvgIpc) is 2.99. The van der Waals surface area contributed by atoms with E-state index >= 15 is 0 Å². The van der Waals surface area contributed by atoms with Crippen LogP contribution in [0.15, 0.2) is 24.3 Å². The molecular weight excluding hydrogens is 166 g/mol. The van der Waals surface area contributed by atoms with Gasteiger partial charge in [-0.3, -0.25) is 0 Å². The molecule has 2 atom stereocenters. The molecule has 1 aliphatic rings. The summed E-state index contributed by atoms with van der Waals surface area (Å²) in [4.78, 5) is 0. The second kappa shape index (κ2) is 3.87. The fourth-order valence-electron chi connectivity index (χ4n) is 1.06. The van der Waals surface area contributed by atoms with E-state index in [1.165, 1.54) is 0 Å². The summed E-state index contributed by atoms with van der Waals surface area (Å²) >= 11 is 0. The van der Waals surface area contributed by atoms with E-state index in [1.54, 1.807) is 0 Å². The van der Waals surface area contributed by atoms with Crippen LogP contribution in [0.25, 0.3) is 0 Å². The number of hydrogen-bond donors (Lipinski definition) is 1. The Balaban J connectivity index is 1.85. The van der Waals surface area contributed by atoms with Crippen molar-refractivity contribution in [3.05, 3.63) is 35.9 Å². The van der Waals surface area contributed by atoms with Crippen molar-refractivity contribution in [1.82, 2.24) is 0 Å². The minimum Gasteiger partial charge on any atom is -0.371 e. The summed E-state index contributed by atoms with van der Waals surface area (Å²) in [5, 5.41) is 0. The molecule has 1 aliphatic heterocycles. The quantitative estimate of drug-likeness (QED) is 0.549. The summed E-state index contributed by atoms with van der Waals surface area (Å²) < 4.78 is 10.4. The molecule has 0 amide bonds. The van der Waals surface area contributed by atoms with Gasteiger partial charge in [0.2, 0.25) is 0 Å². The topological polar surface area (TPSA) is 47.8 Å². The zero-order valence-corrected chi connectivity index (χ0v) is 7.27. The molecule has 13 heavy (non-hydrogen) atoms. The Morgan fingerprint density at radius 2 is 2.62 bits per heavy atom. The highest BCUT2D eigenvalue weighted by Gasteiger charge is 2.23. The molecule has 3 heteroatoms. The lowest BCUT2D eigenvalue weighted by Gasteiger charge is -2.11. The van der Waals surface area contributed by atoms with E-state index in [4.69, 9.17) is 15.2 Å². The molecule has 0 bridgehead atoms. The van der Waals surface area contributed by atoms with E-state index in [1.807, 2.05) is 24.3 Å². The first kappa shape index (κ1) is 8.69. The predicted molar refractivity (Wildman–Crippen MR) is 47.9 cm³/mol. The molecule has 0 aromatic heterocycles. The molecular formula is C10H12NO2. The molecule has 3 nitrogen and oxygen atoms in total. The molecule has 0 saturated carbocycles. The Bertz CT molecular complexity index is 259. The Hall–Kier alpha value is -0.900. The summed E-state index contributed by atoms with van der Waals surface area (Å²) in [5.41, 5.74) is 6.72. The van der Waals surface area contributed by atoms with Gasteiger partial charge < -0.3 is 15.2 Å². The monoisotopic (exact) mass is 178 g/mol. The molecule has 0 spiro atoms. The number of hydrogen-bond acceptors (Lipinski definition) is 3. The molecule has 1 aromatic carbocycles. The van der Waals surface area contributed by atoms with Gasteiger partial charge >= 0.3 is 0 Å². The number of ether oxygens (including phenoxy) is 2. The third-order valence-electron chi connectivity index (χ3n) is 1.92. The van der Waals surface area contributed by atoms with Crippen molar-refractivity contribution >= 4 is 0 Å². The maximum absolute atomic E-state index is 5.77. The van der Waals surface area contributed by atoms with Crippen LogP contribution in [-0.2, 0) is 9.47 Å². The van der Waals surface area contributed by atoms with E-state index < -0.39 is 0 Å². The van der Waals surface area contributed by atoms with E-state index in [0.717, 1.165) is 12.2 Å². The zero-order chi connectivity index (χ0) is 9.10. The van der Waals surface area contributed by atoms with Crippen molar-refractivity contribution in [2.75, 3.05) is 13.2 Å². The highest BCUT2D eigenvalue weighted by Crippen LogP contribution is 2.15. The van der Waals surface area contributed by atoms with Gasteiger partial charge in [0.05, 0.1) is 13.2 Å². The van der Waals surface area contributed by atoms with Crippen LogP contribution in [0, 0.1) is 6.07 Å². The second-order valence-electron chi connectivity index (χ2n) is 3.05. The minimum absolute atomic E-state index is 0.263. The Kier molecular flexibility index (Phi) is 2.59. The lowest BCUT2D eigenvalue weighted by atomic mass is 10.2. The molecule has 1 aromatic rings. The van der Waals surface area contributed by atoms with Crippen LogP contribution in [-0.4, -0.2) is 19.3 Å². The van der Waals surface area contributed by atoms with Gasteiger partial charge in [0.25, 0.3) is 0 Å². The van der Waals surface area contributed by atoms with Crippen LogP contribution in [0.5, 0.6) is 0 Å². The molecule has 69 valence electrons. The van der Waals surface area contributed by atoms with Crippen LogP contribution in [0.4, 0.5) is 0 Å². The van der Waals surface area contributed by atoms with Crippen LogP contribution < -0.4 is 5.73 Å². The van der Waals surface area contributed by atoms with E-state index in [0.29, 0.717) is 6.61 Å². The molecule has 2 N–H and O–H groups in total. The number of epoxide rings is 1. The van der Waals surface area contributed by atoms with Gasteiger partial charge in [0.15, 0.2) is 0 Å². The Morgan fingerprint density at radius 1 is 1.77 bits per heavy atom. The first-order valence-electron chi connectivity index (χ1n) is 4.31. The fraction of sp³-hybridized carbons (Fsp3) is 0.400. The normalized spacial score (nSPS) is 22.7. The van der Waals surface area contributed by atoms with E-state index in [-0.39, 0.29) is 12.3 Å². The highest BCUT2D eigenvalue weighted by atomic mass is 16.6. The van der Waals surface area contributed by atoms with Crippen LogP contribution in [0.3, 0.4) is 0 Å². The maximum Gasteiger partial charge on any atom is 0.131 e. The van der Waals surface area contributed by atoms with Gasteiger partial charge in [0.1, 0.15) is 12.3 Å². The van der Waals surface area contributed by atoms with Crippen LogP contribution >= 0.6 is 0 Å². The van der Waals surface area contributed by atoms with Crippen molar-refractivity contribution in [2.24, 2.45) is 5.73 Å². The van der Waals surface area contributed by atoms with E-state index in [9.17, 15) is 0 Å². The predicted octanol–water partition coefficient (Wildman–Crippen LogP) is 0.859. The molecule has 2 unspecified atom stereocenters. The third-order valence-corrected chi connectivity index (χ3v) is 1.92. The van der Waals surface area contributed by atoms with Gasteiger partial charge in [-0.2, -0.15) is 0 Å². The summed E-state index contributed by atoms with van der Waals surface area (Å²) in [6.45, 7) is 1.38. The molecule has 2 rings (SSSR count). The molecule has 1 saturated heterocycles. The highest BCUT2D eigenvalue weighted by molar-refractivity contribution is 5.15. The summed E-state index contributed by atoms with van der Waals surface area (Å²) in [5.74, 6) is 0. The molecule has 1 fully saturated rings. The molecule has 1 radical (unpaired) electrons. The summed E-state index contributed by atoms with van der Waals surface area (Å²) in [6.07, 6.45) is -0.0969. The van der Waals surface area contributed by atoms with Crippen molar-refractivity contribution in [3.63, 3.8) is 0 Å². The van der Waals surface area contributed by atoms with Gasteiger partial charge in [-0.25, -0.2) is 0 Å². The minimum atomic E-state index is -0.360. The first-order chi connectivity index (χ1) is 6.36. The second-order valence-corrected chi connectivity index (χ2v) is 3.05. The summed E-state index contributed by atoms with van der Waals surface area (Å²) in [6, 6.07) is 10.4. The summed E-state index contributed by atoms with van der Waals surface area (Å²) in [7, 11) is 0. The molecule has 1 heterocycles. The van der Waals surface area contributed by atoms with Gasteiger partial charge in [-0.05, 0) is 17.7 Å². The number of benzene rings is 1. The molecule has 0 aliphatic carbocycles. The third kappa shape index (κ3) is 2.52. The smallest absolute Gasteiger partial charge is 0.131 e. The Labute approximate surface area is 77.5 Å². The zero-order valence-electron chi connectivity index (χ0n) is 7.27. The van der Waals surface area contributed by atoms with Crippen molar-refractivity contribution in [3.8, 4) is 0 Å². The Morgan fingerprint density at radius 3 is 3.23 bits per heavy atom. The van der Waals surface area contributed by atoms with Crippen LogP contribution in [0.2, 0.25) is 0 Å². The van der Waals surface area contributed by atoms with Gasteiger partial charge in [-0.1, -0.05) is 18.2 Å². The first-order valence-corrected chi connectivity index (χ1v) is 4.31. The number of rotatable bonds is 4. The lowest BCUT2D eigenvalue weighted by Crippen LogP contribution is -2.17. The standard InChI is InChI=1S/C10H12NO2/c11-10(13-7-9-6-12-9)8-4-2-1-3-5-8/h1-2,4-5,9-10H,6-7,11H2. The van der Waals surface area contributed by atoms with Gasteiger partial charge in [0, 0.05) is 0 Å². The fourth-order valence-corrected chi connectivity index (χ4v) is 1.06. The van der Waals surface area contributed by atoms with E-state index in [2.05, 4.69) is 6.07 Å². The SMILES string of the molecule is NC(OCC1CO1)c1c[c]ccc1. The van der Waals surface area contributed by atoms with Crippen LogP contribution in [0.1, 0.15) is 11.8 Å². The average molecular weight is 178 g/mol.